The van der Waals surface area contributed by atoms with Crippen molar-refractivity contribution in [3.8, 4) is 5.75 Å². The molecule has 1 N–H and O–H groups in total. The van der Waals surface area contributed by atoms with Crippen molar-refractivity contribution < 1.29 is 5.11 Å². The first-order valence-electron chi connectivity index (χ1n) is 3.61. The number of nitroso groups, excluding NO2 is 2. The van der Waals surface area contributed by atoms with Gasteiger partial charge in [0.15, 0.2) is 0 Å². The van der Waals surface area contributed by atoms with Gasteiger partial charge in [0.25, 0.3) is 0 Å². The Morgan fingerprint density at radius 2 is 1.77 bits per heavy atom. The first kappa shape index (κ1) is 9.31. The maximum Gasteiger partial charge on any atom is 0.123 e. The highest BCUT2D eigenvalue weighted by molar-refractivity contribution is 5.67. The third-order valence-electron chi connectivity index (χ3n) is 1.94. The molecule has 0 atom stereocenters. The van der Waals surface area contributed by atoms with E-state index in [0.717, 1.165) is 0 Å². The molecule has 0 spiro atoms. The zero-order valence-corrected chi connectivity index (χ0v) is 7.24. The molecule has 1 rings (SSSR count). The molecule has 0 heterocycles. The Hall–Kier alpha value is -1.78. The van der Waals surface area contributed by atoms with Gasteiger partial charge in [-0.25, -0.2) is 0 Å². The van der Waals surface area contributed by atoms with Crippen molar-refractivity contribution in [3.63, 3.8) is 0 Å². The van der Waals surface area contributed by atoms with Crippen LogP contribution in [-0.2, 0) is 0 Å². The fraction of sp³-hybridized carbons (Fsp3) is 0.250. The summed E-state index contributed by atoms with van der Waals surface area (Å²) in [5, 5.41) is 14.7. The van der Waals surface area contributed by atoms with Crippen LogP contribution in [0.5, 0.6) is 5.75 Å². The first-order valence-corrected chi connectivity index (χ1v) is 3.61. The summed E-state index contributed by atoms with van der Waals surface area (Å²) in [4.78, 5) is 20.6. The lowest BCUT2D eigenvalue weighted by atomic mass is 10.1. The Labute approximate surface area is 74.3 Å². The average molecular weight is 180 g/mol. The SMILES string of the molecule is Cc1c(O)cc(N=O)c(C)c1N=O. The normalized spacial score (nSPS) is 9.69. The summed E-state index contributed by atoms with van der Waals surface area (Å²) in [7, 11) is 0. The van der Waals surface area contributed by atoms with E-state index in [0.29, 0.717) is 11.1 Å². The summed E-state index contributed by atoms with van der Waals surface area (Å²) in [6.07, 6.45) is 0. The molecule has 0 aliphatic heterocycles. The number of aromatic hydroxyl groups is 1. The van der Waals surface area contributed by atoms with Crippen LogP contribution < -0.4 is 0 Å². The van der Waals surface area contributed by atoms with Crippen LogP contribution in [-0.4, -0.2) is 5.11 Å². The highest BCUT2D eigenvalue weighted by Gasteiger charge is 2.12. The van der Waals surface area contributed by atoms with E-state index < -0.39 is 0 Å². The maximum atomic E-state index is 10.4. The van der Waals surface area contributed by atoms with E-state index in [-0.39, 0.29) is 17.1 Å². The number of phenolic OH excluding ortho intramolecular Hbond substituents is 1. The van der Waals surface area contributed by atoms with Crippen molar-refractivity contribution in [1.29, 1.82) is 0 Å². The number of rotatable bonds is 2. The van der Waals surface area contributed by atoms with E-state index >= 15 is 0 Å². The van der Waals surface area contributed by atoms with Gasteiger partial charge in [-0.15, -0.1) is 9.81 Å². The molecule has 0 unspecified atom stereocenters. The fourth-order valence-corrected chi connectivity index (χ4v) is 1.10. The van der Waals surface area contributed by atoms with E-state index in [4.69, 9.17) is 0 Å². The van der Waals surface area contributed by atoms with E-state index in [9.17, 15) is 14.9 Å². The molecular formula is C8H8N2O3. The molecular weight excluding hydrogens is 172 g/mol. The lowest BCUT2D eigenvalue weighted by Gasteiger charge is -2.05. The average Bonchev–Trinajstić information content (AvgIpc) is 2.12. The predicted molar refractivity (Wildman–Crippen MR) is 48.5 cm³/mol. The van der Waals surface area contributed by atoms with Crippen molar-refractivity contribution in [2.24, 2.45) is 10.4 Å². The molecule has 5 heteroatoms. The zero-order chi connectivity index (χ0) is 10.0. The van der Waals surface area contributed by atoms with Crippen LogP contribution in [0.4, 0.5) is 11.4 Å². The first-order chi connectivity index (χ1) is 6.11. The minimum atomic E-state index is -0.144. The molecule has 5 nitrogen and oxygen atoms in total. The summed E-state index contributed by atoms with van der Waals surface area (Å²) in [5.41, 5.74) is 0.868. The smallest absolute Gasteiger partial charge is 0.123 e. The number of benzene rings is 1. The summed E-state index contributed by atoms with van der Waals surface area (Å²) in [5.74, 6) is -0.144. The number of hydrogen-bond acceptors (Lipinski definition) is 5. The summed E-state index contributed by atoms with van der Waals surface area (Å²) in [6, 6.07) is 1.21. The minimum Gasteiger partial charge on any atom is -0.508 e. The van der Waals surface area contributed by atoms with E-state index in [2.05, 4.69) is 10.4 Å². The molecule has 13 heavy (non-hydrogen) atoms. The predicted octanol–water partition coefficient (Wildman–Crippen LogP) is 2.80. The van der Waals surface area contributed by atoms with Gasteiger partial charge in [-0.05, 0) is 24.2 Å². The Kier molecular flexibility index (Phi) is 2.36. The van der Waals surface area contributed by atoms with Gasteiger partial charge >= 0.3 is 0 Å². The van der Waals surface area contributed by atoms with Crippen molar-refractivity contribution in [2.75, 3.05) is 0 Å². The van der Waals surface area contributed by atoms with Crippen LogP contribution in [0.15, 0.2) is 16.4 Å². The van der Waals surface area contributed by atoms with Gasteiger partial charge in [-0.1, -0.05) is 0 Å². The highest BCUT2D eigenvalue weighted by atomic mass is 16.3. The fourth-order valence-electron chi connectivity index (χ4n) is 1.10. The molecule has 0 radical (unpaired) electrons. The van der Waals surface area contributed by atoms with Gasteiger partial charge in [0, 0.05) is 17.2 Å². The van der Waals surface area contributed by atoms with Crippen LogP contribution >= 0.6 is 0 Å². The van der Waals surface area contributed by atoms with Gasteiger partial charge in [0.1, 0.15) is 17.1 Å². The Morgan fingerprint density at radius 1 is 1.15 bits per heavy atom. The van der Waals surface area contributed by atoms with Crippen LogP contribution in [0, 0.1) is 23.7 Å². The number of nitrogens with zero attached hydrogens (tertiary/aromatic N) is 2. The zero-order valence-electron chi connectivity index (χ0n) is 7.24. The highest BCUT2D eigenvalue weighted by Crippen LogP contribution is 2.37. The molecule has 1 aromatic carbocycles. The molecule has 0 saturated carbocycles. The number of hydrogen-bond donors (Lipinski definition) is 1. The molecule has 0 fully saturated rings. The molecule has 1 aromatic rings. The van der Waals surface area contributed by atoms with Crippen LogP contribution in [0.3, 0.4) is 0 Å². The third-order valence-corrected chi connectivity index (χ3v) is 1.94. The largest absolute Gasteiger partial charge is 0.508 e. The summed E-state index contributed by atoms with van der Waals surface area (Å²) in [6.45, 7) is 3.10. The molecule has 0 bridgehead atoms. The lowest BCUT2D eigenvalue weighted by Crippen LogP contribution is -1.82. The Balaban J connectivity index is 3.56. The second kappa shape index (κ2) is 3.30. The molecule has 0 saturated heterocycles. The van der Waals surface area contributed by atoms with Crippen molar-refractivity contribution >= 4 is 11.4 Å². The molecule has 0 aliphatic rings. The van der Waals surface area contributed by atoms with Crippen molar-refractivity contribution in [2.45, 2.75) is 13.8 Å². The summed E-state index contributed by atoms with van der Waals surface area (Å²) < 4.78 is 0. The second-order valence-electron chi connectivity index (χ2n) is 2.70. The maximum absolute atomic E-state index is 10.4. The van der Waals surface area contributed by atoms with Gasteiger partial charge in [-0.3, -0.25) is 0 Å². The topological polar surface area (TPSA) is 79.1 Å². The third kappa shape index (κ3) is 1.40. The van der Waals surface area contributed by atoms with Gasteiger partial charge in [-0.2, -0.15) is 0 Å². The van der Waals surface area contributed by atoms with Crippen molar-refractivity contribution in [1.82, 2.24) is 0 Å². The Bertz CT molecular complexity index is 374. The lowest BCUT2D eigenvalue weighted by molar-refractivity contribution is 0.471. The molecule has 68 valence electrons. The van der Waals surface area contributed by atoms with E-state index in [1.54, 1.807) is 13.8 Å². The number of phenols is 1. The van der Waals surface area contributed by atoms with E-state index in [1.165, 1.54) is 6.07 Å². The van der Waals surface area contributed by atoms with Crippen LogP contribution in [0.1, 0.15) is 11.1 Å². The summed E-state index contributed by atoms with van der Waals surface area (Å²) >= 11 is 0. The van der Waals surface area contributed by atoms with Crippen molar-refractivity contribution in [3.05, 3.63) is 27.0 Å². The molecule has 0 aromatic heterocycles. The van der Waals surface area contributed by atoms with Gasteiger partial charge < -0.3 is 5.11 Å². The molecule has 0 aliphatic carbocycles. The Morgan fingerprint density at radius 3 is 2.23 bits per heavy atom. The van der Waals surface area contributed by atoms with Crippen LogP contribution in [0.2, 0.25) is 0 Å². The van der Waals surface area contributed by atoms with E-state index in [1.807, 2.05) is 0 Å². The minimum absolute atomic E-state index is 0.0395. The quantitative estimate of drug-likeness (QED) is 0.710. The van der Waals surface area contributed by atoms with Gasteiger partial charge in [0.2, 0.25) is 0 Å². The second-order valence-corrected chi connectivity index (χ2v) is 2.70. The van der Waals surface area contributed by atoms with Gasteiger partial charge in [0.05, 0.1) is 0 Å². The molecule has 0 amide bonds. The van der Waals surface area contributed by atoms with Crippen LogP contribution in [0.25, 0.3) is 0 Å². The monoisotopic (exact) mass is 180 g/mol. The standard InChI is InChI=1S/C8H8N2O3/c1-4-6(9-12)3-7(11)5(2)8(4)10-13/h3,11H,1-2H3.